The van der Waals surface area contributed by atoms with Crippen molar-refractivity contribution in [3.63, 3.8) is 0 Å². The fourth-order valence-electron chi connectivity index (χ4n) is 1.79. The number of benzene rings is 1. The predicted molar refractivity (Wildman–Crippen MR) is 78.3 cm³/mol. The van der Waals surface area contributed by atoms with E-state index in [1.54, 1.807) is 19.2 Å². The number of ether oxygens (including phenoxy) is 6. The van der Waals surface area contributed by atoms with Crippen LogP contribution < -0.4 is 14.2 Å². The molecule has 0 saturated heterocycles. The molecule has 7 nitrogen and oxygen atoms in total. The average Bonchev–Trinajstić information content (AvgIpc) is 2.55. The fourth-order valence-corrected chi connectivity index (χ4v) is 1.79. The quantitative estimate of drug-likeness (QED) is 0.481. The molecule has 0 amide bonds. The van der Waals surface area contributed by atoms with E-state index >= 15 is 0 Å². The SMILES string of the molecule is COCOc1cc(OC)cc(OCOC)c1CCC(=O)OC. The Morgan fingerprint density at radius 1 is 0.955 bits per heavy atom. The number of carbonyl (C=O) groups is 1. The van der Waals surface area contributed by atoms with Gasteiger partial charge in [-0.2, -0.15) is 0 Å². The molecule has 0 aromatic heterocycles. The summed E-state index contributed by atoms with van der Waals surface area (Å²) in [6, 6.07) is 3.43. The minimum absolute atomic E-state index is 0.0715. The lowest BCUT2D eigenvalue weighted by Gasteiger charge is -2.17. The third-order valence-electron chi connectivity index (χ3n) is 2.85. The summed E-state index contributed by atoms with van der Waals surface area (Å²) < 4.78 is 30.8. The Kier molecular flexibility index (Phi) is 8.09. The number of methoxy groups -OCH3 is 4. The molecule has 1 aromatic carbocycles. The van der Waals surface area contributed by atoms with Gasteiger partial charge in [0.05, 0.1) is 14.2 Å². The molecule has 0 aliphatic carbocycles. The number of hydrogen-bond acceptors (Lipinski definition) is 7. The number of hydrogen-bond donors (Lipinski definition) is 0. The molecule has 0 unspecified atom stereocenters. The van der Waals surface area contributed by atoms with Crippen LogP contribution in [0.4, 0.5) is 0 Å². The lowest BCUT2D eigenvalue weighted by atomic mass is 10.1. The third kappa shape index (κ3) is 5.42. The molecule has 0 heterocycles. The maximum absolute atomic E-state index is 11.4. The smallest absolute Gasteiger partial charge is 0.305 e. The molecule has 22 heavy (non-hydrogen) atoms. The Morgan fingerprint density at radius 3 is 1.91 bits per heavy atom. The standard InChI is InChI=1S/C15H22O7/c1-17-9-21-13-7-11(19-3)8-14(22-10-18-2)12(13)5-6-15(16)20-4/h7-8H,5-6,9-10H2,1-4H3. The molecule has 0 radical (unpaired) electrons. The first kappa shape index (κ1) is 18.1. The number of carbonyl (C=O) groups excluding carboxylic acids is 1. The van der Waals surface area contributed by atoms with Crippen LogP contribution in [-0.4, -0.2) is 48.0 Å². The second kappa shape index (κ2) is 9.86. The highest BCUT2D eigenvalue weighted by atomic mass is 16.7. The Labute approximate surface area is 130 Å². The first-order valence-corrected chi connectivity index (χ1v) is 6.67. The van der Waals surface area contributed by atoms with Crippen molar-refractivity contribution in [3.8, 4) is 17.2 Å². The van der Waals surface area contributed by atoms with Gasteiger partial charge in [0.25, 0.3) is 0 Å². The van der Waals surface area contributed by atoms with E-state index in [0.29, 0.717) is 23.7 Å². The zero-order chi connectivity index (χ0) is 16.4. The molecule has 1 aromatic rings. The van der Waals surface area contributed by atoms with Gasteiger partial charge >= 0.3 is 5.97 Å². The number of rotatable bonds is 10. The summed E-state index contributed by atoms with van der Waals surface area (Å²) >= 11 is 0. The van der Waals surface area contributed by atoms with E-state index in [9.17, 15) is 4.79 Å². The zero-order valence-electron chi connectivity index (χ0n) is 13.3. The van der Waals surface area contributed by atoms with Gasteiger partial charge < -0.3 is 28.4 Å². The highest BCUT2D eigenvalue weighted by molar-refractivity contribution is 5.70. The van der Waals surface area contributed by atoms with Gasteiger partial charge in [-0.1, -0.05) is 0 Å². The van der Waals surface area contributed by atoms with Crippen molar-refractivity contribution in [2.75, 3.05) is 42.0 Å². The minimum Gasteiger partial charge on any atom is -0.496 e. The first-order valence-electron chi connectivity index (χ1n) is 6.67. The molecule has 0 saturated carbocycles. The second-order valence-electron chi connectivity index (χ2n) is 4.28. The third-order valence-corrected chi connectivity index (χ3v) is 2.85. The summed E-state index contributed by atoms with van der Waals surface area (Å²) in [4.78, 5) is 11.4. The topological polar surface area (TPSA) is 72.5 Å². The zero-order valence-corrected chi connectivity index (χ0v) is 13.3. The van der Waals surface area contributed by atoms with Crippen molar-refractivity contribution in [2.24, 2.45) is 0 Å². The van der Waals surface area contributed by atoms with Gasteiger partial charge in [0.15, 0.2) is 13.6 Å². The van der Waals surface area contributed by atoms with E-state index in [0.717, 1.165) is 5.56 Å². The second-order valence-corrected chi connectivity index (χ2v) is 4.28. The summed E-state index contributed by atoms with van der Waals surface area (Å²) in [5, 5.41) is 0. The molecule has 0 atom stereocenters. The van der Waals surface area contributed by atoms with Crippen molar-refractivity contribution in [3.05, 3.63) is 17.7 Å². The van der Waals surface area contributed by atoms with Crippen LogP contribution in [-0.2, 0) is 25.4 Å². The van der Waals surface area contributed by atoms with Gasteiger partial charge in [0.1, 0.15) is 17.2 Å². The van der Waals surface area contributed by atoms with Gasteiger partial charge in [-0.3, -0.25) is 4.79 Å². The normalized spacial score (nSPS) is 10.2. The first-order chi connectivity index (χ1) is 10.7. The molecular formula is C15H22O7. The van der Waals surface area contributed by atoms with Gasteiger partial charge in [-0.15, -0.1) is 0 Å². The summed E-state index contributed by atoms with van der Waals surface area (Å²) in [6.07, 6.45) is 0.601. The lowest BCUT2D eigenvalue weighted by Crippen LogP contribution is -2.09. The predicted octanol–water partition coefficient (Wildman–Crippen LogP) is 1.77. The monoisotopic (exact) mass is 314 g/mol. The number of esters is 1. The van der Waals surface area contributed by atoms with Gasteiger partial charge in [0, 0.05) is 38.3 Å². The summed E-state index contributed by atoms with van der Waals surface area (Å²) in [7, 11) is 5.94. The van der Waals surface area contributed by atoms with Gasteiger partial charge in [0.2, 0.25) is 0 Å². The van der Waals surface area contributed by atoms with E-state index in [1.165, 1.54) is 21.3 Å². The van der Waals surface area contributed by atoms with Crippen LogP contribution in [0.15, 0.2) is 12.1 Å². The van der Waals surface area contributed by atoms with Crippen LogP contribution in [0.25, 0.3) is 0 Å². The minimum atomic E-state index is -0.314. The van der Waals surface area contributed by atoms with Crippen LogP contribution in [0.3, 0.4) is 0 Å². The van der Waals surface area contributed by atoms with Crippen LogP contribution in [0, 0.1) is 0 Å². The largest absolute Gasteiger partial charge is 0.496 e. The highest BCUT2D eigenvalue weighted by Crippen LogP contribution is 2.35. The van der Waals surface area contributed by atoms with Crippen LogP contribution in [0.2, 0.25) is 0 Å². The maximum atomic E-state index is 11.4. The van der Waals surface area contributed by atoms with Crippen molar-refractivity contribution >= 4 is 5.97 Å². The van der Waals surface area contributed by atoms with Crippen molar-refractivity contribution in [2.45, 2.75) is 12.8 Å². The van der Waals surface area contributed by atoms with E-state index in [1.807, 2.05) is 0 Å². The lowest BCUT2D eigenvalue weighted by molar-refractivity contribution is -0.140. The summed E-state index contributed by atoms with van der Waals surface area (Å²) in [5.41, 5.74) is 0.722. The van der Waals surface area contributed by atoms with E-state index in [4.69, 9.17) is 23.7 Å². The van der Waals surface area contributed by atoms with Crippen molar-refractivity contribution < 1.29 is 33.2 Å². The van der Waals surface area contributed by atoms with Crippen LogP contribution in [0.1, 0.15) is 12.0 Å². The summed E-state index contributed by atoms with van der Waals surface area (Å²) in [5.74, 6) is 1.30. The Hall–Kier alpha value is -1.99. The van der Waals surface area contributed by atoms with E-state index < -0.39 is 0 Å². The Bertz CT molecular complexity index is 444. The van der Waals surface area contributed by atoms with Crippen LogP contribution >= 0.6 is 0 Å². The molecule has 124 valence electrons. The molecule has 1 rings (SSSR count). The molecule has 0 N–H and O–H groups in total. The average molecular weight is 314 g/mol. The van der Waals surface area contributed by atoms with E-state index in [2.05, 4.69) is 4.74 Å². The summed E-state index contributed by atoms with van der Waals surface area (Å²) in [6.45, 7) is 0.143. The van der Waals surface area contributed by atoms with Gasteiger partial charge in [-0.05, 0) is 6.42 Å². The molecule has 7 heteroatoms. The van der Waals surface area contributed by atoms with Crippen LogP contribution in [0.5, 0.6) is 17.2 Å². The molecule has 0 aliphatic heterocycles. The van der Waals surface area contributed by atoms with Gasteiger partial charge in [-0.25, -0.2) is 0 Å². The Morgan fingerprint density at radius 2 is 1.50 bits per heavy atom. The van der Waals surface area contributed by atoms with Crippen molar-refractivity contribution in [1.29, 1.82) is 0 Å². The molecule has 0 aliphatic rings. The molecular weight excluding hydrogens is 292 g/mol. The Balaban J connectivity index is 3.08. The maximum Gasteiger partial charge on any atom is 0.305 e. The van der Waals surface area contributed by atoms with Crippen molar-refractivity contribution in [1.82, 2.24) is 0 Å². The molecule has 0 spiro atoms. The fraction of sp³-hybridized carbons (Fsp3) is 0.533. The van der Waals surface area contributed by atoms with E-state index in [-0.39, 0.29) is 26.0 Å². The highest BCUT2D eigenvalue weighted by Gasteiger charge is 2.16. The molecule has 0 bridgehead atoms. The molecule has 0 fully saturated rings.